The predicted molar refractivity (Wildman–Crippen MR) is 150 cm³/mol. The van der Waals surface area contributed by atoms with E-state index in [0.29, 0.717) is 24.0 Å². The zero-order chi connectivity index (χ0) is 26.7. The number of phenolic OH excluding ortho intramolecular Hbond substituents is 1. The number of nitrogens with zero attached hydrogens (tertiary/aromatic N) is 2. The normalized spacial score (nSPS) is 19.2. The summed E-state index contributed by atoms with van der Waals surface area (Å²) in [5.74, 6) is 1.69. The molecule has 2 aromatic rings. The molecule has 196 valence electrons. The molecule has 1 aliphatic rings. The molecule has 0 amide bonds. The third-order valence-corrected chi connectivity index (χ3v) is 7.28. The van der Waals surface area contributed by atoms with Crippen molar-refractivity contribution >= 4 is 11.5 Å². The van der Waals surface area contributed by atoms with E-state index in [0.717, 1.165) is 48.2 Å². The molecule has 0 radical (unpaired) electrons. The number of benzene rings is 2. The van der Waals surface area contributed by atoms with Crippen molar-refractivity contribution in [2.24, 2.45) is 17.0 Å². The Bertz CT molecular complexity index is 1040. The van der Waals surface area contributed by atoms with Crippen molar-refractivity contribution in [3.63, 3.8) is 0 Å². The van der Waals surface area contributed by atoms with Crippen molar-refractivity contribution < 1.29 is 9.94 Å². The molecule has 0 spiro atoms. The van der Waals surface area contributed by atoms with Gasteiger partial charge in [0.25, 0.3) is 0 Å². The van der Waals surface area contributed by atoms with E-state index in [1.807, 2.05) is 18.2 Å². The Morgan fingerprint density at radius 1 is 1.06 bits per heavy atom. The standard InChI is InChI=1S/C31H45N3O2/c1-9-13-22-19-34(29(32)24(22)16-21-14-11-10-12-15-21)20-27(33-36-8)23-17-25(30(2,3)4)28(35)26(18-23)31(5,6)7/h10-12,14-15,17-18,22,24,32,35H,9,13,16,19-20H2,1-8H3/t22-,24+/m0/s1. The monoisotopic (exact) mass is 491 g/mol. The number of hydrogen-bond donors (Lipinski definition) is 2. The van der Waals surface area contributed by atoms with E-state index < -0.39 is 0 Å². The van der Waals surface area contributed by atoms with Crippen LogP contribution in [0.25, 0.3) is 0 Å². The fourth-order valence-corrected chi connectivity index (χ4v) is 5.32. The van der Waals surface area contributed by atoms with E-state index in [2.05, 4.69) is 82.8 Å². The van der Waals surface area contributed by atoms with Crippen LogP contribution in [-0.2, 0) is 22.1 Å². The molecule has 3 rings (SSSR count). The lowest BCUT2D eigenvalue weighted by Crippen LogP contribution is -2.33. The quantitative estimate of drug-likeness (QED) is 0.311. The van der Waals surface area contributed by atoms with Gasteiger partial charge in [-0.15, -0.1) is 0 Å². The Morgan fingerprint density at radius 2 is 1.64 bits per heavy atom. The SMILES string of the molecule is CCC[C@H]1CN(CC(=NOC)c2cc(C(C)(C)C)c(O)c(C(C)(C)C)c2)C(=N)[C@@H]1Cc1ccccc1. The van der Waals surface area contributed by atoms with Gasteiger partial charge in [0.2, 0.25) is 0 Å². The van der Waals surface area contributed by atoms with E-state index in [4.69, 9.17) is 10.2 Å². The summed E-state index contributed by atoms with van der Waals surface area (Å²) in [6.07, 6.45) is 3.10. The minimum absolute atomic E-state index is 0.200. The lowest BCUT2D eigenvalue weighted by Gasteiger charge is -2.29. The molecule has 1 heterocycles. The Labute approximate surface area is 218 Å². The van der Waals surface area contributed by atoms with Crippen LogP contribution in [0, 0.1) is 17.2 Å². The van der Waals surface area contributed by atoms with Gasteiger partial charge in [0, 0.05) is 29.2 Å². The fourth-order valence-electron chi connectivity index (χ4n) is 5.32. The number of likely N-dealkylation sites (tertiary alicyclic amines) is 1. The predicted octanol–water partition coefficient (Wildman–Crippen LogP) is 6.91. The van der Waals surface area contributed by atoms with Crippen molar-refractivity contribution in [2.45, 2.75) is 78.6 Å². The third kappa shape index (κ3) is 6.29. The summed E-state index contributed by atoms with van der Waals surface area (Å²) in [7, 11) is 1.57. The average Bonchev–Trinajstić information content (AvgIpc) is 3.07. The highest BCUT2D eigenvalue weighted by Crippen LogP contribution is 2.40. The molecule has 0 aromatic heterocycles. The van der Waals surface area contributed by atoms with Gasteiger partial charge >= 0.3 is 0 Å². The maximum absolute atomic E-state index is 11.2. The summed E-state index contributed by atoms with van der Waals surface area (Å²) in [5, 5.41) is 24.7. The molecule has 0 saturated carbocycles. The molecule has 2 N–H and O–H groups in total. The van der Waals surface area contributed by atoms with Crippen LogP contribution in [0.1, 0.15) is 83.6 Å². The first-order valence-electron chi connectivity index (χ1n) is 13.2. The topological polar surface area (TPSA) is 68.9 Å². The second-order valence-electron chi connectivity index (χ2n) is 12.3. The van der Waals surface area contributed by atoms with Crippen LogP contribution in [0.4, 0.5) is 0 Å². The number of oxime groups is 1. The molecular weight excluding hydrogens is 446 g/mol. The Hall–Kier alpha value is -2.82. The number of nitrogens with one attached hydrogen (secondary N) is 1. The molecular formula is C31H45N3O2. The van der Waals surface area contributed by atoms with Crippen LogP contribution < -0.4 is 0 Å². The highest BCUT2D eigenvalue weighted by molar-refractivity contribution is 6.04. The van der Waals surface area contributed by atoms with Crippen LogP contribution in [-0.4, -0.2) is 41.8 Å². The van der Waals surface area contributed by atoms with Gasteiger partial charge in [-0.2, -0.15) is 0 Å². The number of rotatable bonds is 8. The van der Waals surface area contributed by atoms with Gasteiger partial charge in [-0.25, -0.2) is 0 Å². The second kappa shape index (κ2) is 11.1. The Kier molecular flexibility index (Phi) is 8.53. The first kappa shape index (κ1) is 27.8. The summed E-state index contributed by atoms with van der Waals surface area (Å²) >= 11 is 0. The van der Waals surface area contributed by atoms with E-state index in [1.165, 1.54) is 5.56 Å². The summed E-state index contributed by atoms with van der Waals surface area (Å²) < 4.78 is 0. The van der Waals surface area contributed by atoms with Crippen molar-refractivity contribution in [2.75, 3.05) is 20.2 Å². The number of hydrogen-bond acceptors (Lipinski definition) is 4. The smallest absolute Gasteiger partial charge is 0.123 e. The molecule has 5 nitrogen and oxygen atoms in total. The average molecular weight is 492 g/mol. The van der Waals surface area contributed by atoms with Gasteiger partial charge < -0.3 is 14.8 Å². The number of amidine groups is 1. The van der Waals surface area contributed by atoms with Crippen molar-refractivity contribution in [3.05, 3.63) is 64.7 Å². The summed E-state index contributed by atoms with van der Waals surface area (Å²) in [5.41, 5.74) is 4.35. The van der Waals surface area contributed by atoms with E-state index in [9.17, 15) is 5.11 Å². The van der Waals surface area contributed by atoms with Gasteiger partial charge in [-0.1, -0.05) is 90.4 Å². The van der Waals surface area contributed by atoms with Crippen LogP contribution in [0.3, 0.4) is 0 Å². The number of phenols is 1. The molecule has 5 heteroatoms. The maximum Gasteiger partial charge on any atom is 0.123 e. The van der Waals surface area contributed by atoms with E-state index >= 15 is 0 Å². The number of aromatic hydroxyl groups is 1. The summed E-state index contributed by atoms with van der Waals surface area (Å²) in [6, 6.07) is 14.6. The largest absolute Gasteiger partial charge is 0.507 e. The minimum atomic E-state index is -0.231. The molecule has 36 heavy (non-hydrogen) atoms. The second-order valence-corrected chi connectivity index (χ2v) is 12.3. The molecule has 0 bridgehead atoms. The lowest BCUT2D eigenvalue weighted by molar-refractivity contribution is 0.212. The molecule has 0 unspecified atom stereocenters. The van der Waals surface area contributed by atoms with Gasteiger partial charge in [0.15, 0.2) is 0 Å². The molecule has 1 fully saturated rings. The first-order valence-corrected chi connectivity index (χ1v) is 13.2. The fraction of sp³-hybridized carbons (Fsp3) is 0.548. The Morgan fingerprint density at radius 3 is 2.14 bits per heavy atom. The van der Waals surface area contributed by atoms with E-state index in [1.54, 1.807) is 7.11 Å². The lowest BCUT2D eigenvalue weighted by atomic mass is 9.78. The van der Waals surface area contributed by atoms with Gasteiger partial charge in [-0.05, 0) is 47.3 Å². The van der Waals surface area contributed by atoms with Crippen LogP contribution >= 0.6 is 0 Å². The van der Waals surface area contributed by atoms with Gasteiger partial charge in [0.1, 0.15) is 18.6 Å². The molecule has 0 aliphatic carbocycles. The zero-order valence-corrected chi connectivity index (χ0v) is 23.5. The van der Waals surface area contributed by atoms with Crippen LogP contribution in [0.5, 0.6) is 5.75 Å². The van der Waals surface area contributed by atoms with Crippen molar-refractivity contribution in [1.29, 1.82) is 5.41 Å². The van der Waals surface area contributed by atoms with Crippen molar-refractivity contribution in [3.8, 4) is 5.75 Å². The zero-order valence-electron chi connectivity index (χ0n) is 23.5. The summed E-state index contributed by atoms with van der Waals surface area (Å²) in [6.45, 7) is 16.3. The maximum atomic E-state index is 11.2. The molecule has 1 saturated heterocycles. The molecule has 1 aliphatic heterocycles. The van der Waals surface area contributed by atoms with Gasteiger partial charge in [0.05, 0.1) is 12.4 Å². The van der Waals surface area contributed by atoms with E-state index in [-0.39, 0.29) is 16.7 Å². The third-order valence-electron chi connectivity index (χ3n) is 7.28. The van der Waals surface area contributed by atoms with Crippen LogP contribution in [0.15, 0.2) is 47.6 Å². The summed E-state index contributed by atoms with van der Waals surface area (Å²) in [4.78, 5) is 7.48. The Balaban J connectivity index is 1.97. The molecule has 2 atom stereocenters. The minimum Gasteiger partial charge on any atom is -0.507 e. The van der Waals surface area contributed by atoms with Gasteiger partial charge in [-0.3, -0.25) is 5.41 Å². The molecule has 2 aromatic carbocycles. The first-order chi connectivity index (χ1) is 16.9. The highest BCUT2D eigenvalue weighted by atomic mass is 16.6. The van der Waals surface area contributed by atoms with Crippen molar-refractivity contribution in [1.82, 2.24) is 4.90 Å². The highest BCUT2D eigenvalue weighted by Gasteiger charge is 2.37. The van der Waals surface area contributed by atoms with Crippen LogP contribution in [0.2, 0.25) is 0 Å².